The van der Waals surface area contributed by atoms with Gasteiger partial charge < -0.3 is 15.4 Å². The van der Waals surface area contributed by atoms with Crippen LogP contribution in [0.1, 0.15) is 16.9 Å². The fourth-order valence-corrected chi connectivity index (χ4v) is 5.33. The molecule has 0 amide bonds. The lowest BCUT2D eigenvalue weighted by atomic mass is 10.0. The highest BCUT2D eigenvalue weighted by molar-refractivity contribution is 7.84. The van der Waals surface area contributed by atoms with Crippen molar-refractivity contribution in [3.8, 4) is 5.69 Å². The van der Waals surface area contributed by atoms with E-state index in [-0.39, 0.29) is 17.5 Å². The number of aryl methyl sites for hydroxylation is 1. The van der Waals surface area contributed by atoms with E-state index in [2.05, 4.69) is 34.6 Å². The number of carbonyl (C=O) groups is 1. The minimum atomic E-state index is -1.26. The summed E-state index contributed by atoms with van der Waals surface area (Å²) in [5, 5.41) is 14.1. The summed E-state index contributed by atoms with van der Waals surface area (Å²) in [5.41, 5.74) is 2.17. The van der Waals surface area contributed by atoms with Crippen molar-refractivity contribution in [2.45, 2.75) is 24.2 Å². The molecule has 5 rings (SSSR count). The number of carboxylic acid groups (broad SMARTS) is 1. The number of anilines is 1. The van der Waals surface area contributed by atoms with Gasteiger partial charge in [0.1, 0.15) is 0 Å². The lowest BCUT2D eigenvalue weighted by Gasteiger charge is -2.16. The molecular formula is C24H23N3O5S2. The Morgan fingerprint density at radius 1 is 1.18 bits per heavy atom. The van der Waals surface area contributed by atoms with E-state index in [4.69, 9.17) is 5.11 Å². The number of para-hydroxylation sites is 1. The van der Waals surface area contributed by atoms with Gasteiger partial charge in [0.25, 0.3) is 5.56 Å². The van der Waals surface area contributed by atoms with Crippen molar-refractivity contribution in [2.24, 2.45) is 0 Å². The van der Waals surface area contributed by atoms with Gasteiger partial charge in [-0.15, -0.1) is 11.3 Å². The van der Waals surface area contributed by atoms with E-state index in [9.17, 15) is 18.6 Å². The number of hydrogen-bond donors (Lipinski definition) is 3. The first-order chi connectivity index (χ1) is 16.3. The third kappa shape index (κ3) is 5.02. The molecule has 1 unspecified atom stereocenters. The van der Waals surface area contributed by atoms with Crippen molar-refractivity contribution >= 4 is 44.7 Å². The zero-order chi connectivity index (χ0) is 24.2. The maximum Gasteiger partial charge on any atom is 0.333 e. The average Bonchev–Trinajstić information content (AvgIpc) is 3.21. The van der Waals surface area contributed by atoms with Gasteiger partial charge in [-0.3, -0.25) is 13.8 Å². The van der Waals surface area contributed by atoms with Gasteiger partial charge in [-0.05, 0) is 42.7 Å². The first kappa shape index (κ1) is 23.7. The molecule has 10 heteroatoms. The Bertz CT molecular complexity index is 1480. The van der Waals surface area contributed by atoms with Crippen molar-refractivity contribution in [2.75, 3.05) is 18.1 Å². The van der Waals surface area contributed by atoms with E-state index < -0.39 is 28.0 Å². The number of aliphatic carboxylic acids is 1. The van der Waals surface area contributed by atoms with Crippen LogP contribution in [-0.2, 0) is 28.4 Å². The number of aromatic nitrogens is 2. The summed E-state index contributed by atoms with van der Waals surface area (Å²) in [6.45, 7) is 1.14. The molecule has 0 spiro atoms. The minimum Gasteiger partial charge on any atom is -0.481 e. The summed E-state index contributed by atoms with van der Waals surface area (Å²) in [7, 11) is -1.26. The molecule has 1 aliphatic heterocycles. The lowest BCUT2D eigenvalue weighted by Crippen LogP contribution is -2.33. The van der Waals surface area contributed by atoms with E-state index in [1.165, 1.54) is 36.4 Å². The van der Waals surface area contributed by atoms with Crippen LogP contribution < -0.4 is 16.6 Å². The number of benzene rings is 2. The zero-order valence-electron chi connectivity index (χ0n) is 18.4. The molecule has 3 heterocycles. The van der Waals surface area contributed by atoms with E-state index in [1.54, 1.807) is 23.6 Å². The fourth-order valence-electron chi connectivity index (χ4n) is 3.82. The molecule has 4 aromatic rings. The molecule has 0 fully saturated rings. The smallest absolute Gasteiger partial charge is 0.333 e. The highest BCUT2D eigenvalue weighted by atomic mass is 32.2. The van der Waals surface area contributed by atoms with Crippen LogP contribution in [0, 0.1) is 0 Å². The van der Waals surface area contributed by atoms with Gasteiger partial charge in [0.05, 0.1) is 23.0 Å². The molecular weight excluding hydrogens is 474 g/mol. The maximum absolute atomic E-state index is 12.8. The van der Waals surface area contributed by atoms with Gasteiger partial charge in [-0.2, -0.15) is 0 Å². The molecule has 0 bridgehead atoms. The third-order valence-electron chi connectivity index (χ3n) is 5.40. The Hall–Kier alpha value is -3.50. The van der Waals surface area contributed by atoms with E-state index in [0.29, 0.717) is 15.3 Å². The number of H-pyrrole nitrogens is 1. The predicted octanol–water partition coefficient (Wildman–Crippen LogP) is 3.15. The van der Waals surface area contributed by atoms with Crippen LogP contribution >= 0.6 is 11.3 Å². The zero-order valence-corrected chi connectivity index (χ0v) is 20.0. The third-order valence-corrected chi connectivity index (χ3v) is 7.31. The molecule has 1 atom stereocenters. The molecule has 0 aliphatic carbocycles. The minimum absolute atomic E-state index is 0.185. The van der Waals surface area contributed by atoms with E-state index in [0.717, 1.165) is 22.4 Å². The highest BCUT2D eigenvalue weighted by Gasteiger charge is 2.17. The normalized spacial score (nSPS) is 13.3. The van der Waals surface area contributed by atoms with Crippen LogP contribution in [0.15, 0.2) is 68.4 Å². The topological polar surface area (TPSA) is 121 Å². The summed E-state index contributed by atoms with van der Waals surface area (Å²) in [4.78, 5) is 39.5. The predicted molar refractivity (Wildman–Crippen MR) is 135 cm³/mol. The van der Waals surface area contributed by atoms with Crippen molar-refractivity contribution in [1.82, 2.24) is 9.55 Å². The second-order valence-corrected chi connectivity index (χ2v) is 10.1. The molecule has 3 N–H and O–H groups in total. The fraction of sp³-hybridized carbons (Fsp3) is 0.208. The molecule has 34 heavy (non-hydrogen) atoms. The Labute approximate surface area is 201 Å². The number of nitrogens with one attached hydrogen (secondary N) is 2. The largest absolute Gasteiger partial charge is 0.481 e. The Balaban J connectivity index is 0.000000226. The quantitative estimate of drug-likeness (QED) is 0.398. The summed E-state index contributed by atoms with van der Waals surface area (Å²) in [6, 6.07) is 14.8. The molecule has 0 saturated carbocycles. The van der Waals surface area contributed by atoms with E-state index >= 15 is 0 Å². The Morgan fingerprint density at radius 2 is 1.97 bits per heavy atom. The van der Waals surface area contributed by atoms with Crippen LogP contribution in [0.4, 0.5) is 5.69 Å². The molecule has 176 valence electrons. The van der Waals surface area contributed by atoms with Gasteiger partial charge in [-0.25, -0.2) is 9.36 Å². The van der Waals surface area contributed by atoms with Crippen LogP contribution in [0.5, 0.6) is 0 Å². The average molecular weight is 498 g/mol. The van der Waals surface area contributed by atoms with Crippen LogP contribution in [0.3, 0.4) is 0 Å². The second kappa shape index (κ2) is 10.2. The summed E-state index contributed by atoms with van der Waals surface area (Å²) >= 11 is 1.11. The first-order valence-corrected chi connectivity index (χ1v) is 13.0. The van der Waals surface area contributed by atoms with Gasteiger partial charge in [0, 0.05) is 44.4 Å². The summed E-state index contributed by atoms with van der Waals surface area (Å²) in [5.74, 6) is -1.06. The summed E-state index contributed by atoms with van der Waals surface area (Å²) < 4.78 is 12.5. The van der Waals surface area contributed by atoms with Crippen LogP contribution in [0.2, 0.25) is 0 Å². The number of rotatable bonds is 4. The highest BCUT2D eigenvalue weighted by Crippen LogP contribution is 2.22. The molecule has 0 saturated heterocycles. The molecule has 2 aromatic carbocycles. The number of carboxylic acids is 1. The second-order valence-electron chi connectivity index (χ2n) is 7.73. The molecule has 0 radical (unpaired) electrons. The van der Waals surface area contributed by atoms with Gasteiger partial charge in [0.2, 0.25) is 0 Å². The van der Waals surface area contributed by atoms with Gasteiger partial charge in [0.15, 0.2) is 0 Å². The molecule has 8 nitrogen and oxygen atoms in total. The number of fused-ring (bicyclic) bond motifs is 2. The number of hydrogen-bond acceptors (Lipinski definition) is 6. The van der Waals surface area contributed by atoms with Crippen LogP contribution in [-0.4, -0.2) is 37.6 Å². The summed E-state index contributed by atoms with van der Waals surface area (Å²) in [6.07, 6.45) is 3.72. The van der Waals surface area contributed by atoms with Gasteiger partial charge in [-0.1, -0.05) is 24.3 Å². The first-order valence-electron chi connectivity index (χ1n) is 10.6. The van der Waals surface area contributed by atoms with Crippen molar-refractivity contribution in [1.29, 1.82) is 0 Å². The monoisotopic (exact) mass is 497 g/mol. The Kier molecular flexibility index (Phi) is 7.09. The SMILES string of the molecule is CS(=O)c1cccc(-n2c(=O)[nH]c3csc(CC(=O)O)c3c2=O)c1.c1ccc2c(c1)CCCN2. The van der Waals surface area contributed by atoms with Crippen molar-refractivity contribution in [3.63, 3.8) is 0 Å². The molecule has 2 aromatic heterocycles. The van der Waals surface area contributed by atoms with Crippen molar-refractivity contribution < 1.29 is 14.1 Å². The van der Waals surface area contributed by atoms with Crippen molar-refractivity contribution in [3.05, 3.63) is 85.2 Å². The van der Waals surface area contributed by atoms with Crippen LogP contribution in [0.25, 0.3) is 16.6 Å². The number of thiophene rings is 1. The lowest BCUT2D eigenvalue weighted by molar-refractivity contribution is -0.136. The van der Waals surface area contributed by atoms with E-state index in [1.807, 2.05) is 0 Å². The standard InChI is InChI=1S/C15H12N2O5S2.C9H11N/c1-24(22)9-4-2-3-8(5-9)17-14(20)13-10(16-15(17)21)7-23-11(13)6-12(18)19;1-2-6-9-8(4-1)5-3-7-10-9/h2-5,7H,6H2,1H3,(H,16,21)(H,18,19);1-2,4,6,10H,3,5,7H2. The van der Waals surface area contributed by atoms with Gasteiger partial charge >= 0.3 is 11.7 Å². The maximum atomic E-state index is 12.8. The number of aromatic amines is 1. The number of nitrogens with zero attached hydrogens (tertiary/aromatic N) is 1. The Morgan fingerprint density at radius 3 is 2.71 bits per heavy atom. The molecule has 1 aliphatic rings.